The van der Waals surface area contributed by atoms with E-state index in [1.165, 1.54) is 28.7 Å². The lowest BCUT2D eigenvalue weighted by molar-refractivity contribution is 0.102. The Morgan fingerprint density at radius 1 is 1.33 bits per heavy atom. The molecule has 3 rings (SSSR count). The second kappa shape index (κ2) is 5.17. The molecule has 0 aliphatic rings. The second-order valence-electron chi connectivity index (χ2n) is 4.21. The molecule has 0 aliphatic carbocycles. The van der Waals surface area contributed by atoms with E-state index in [1.807, 2.05) is 0 Å². The van der Waals surface area contributed by atoms with Crippen LogP contribution in [0.2, 0.25) is 0 Å². The summed E-state index contributed by atoms with van der Waals surface area (Å²) in [6.07, 6.45) is 2.71. The van der Waals surface area contributed by atoms with Crippen LogP contribution in [0.3, 0.4) is 0 Å². The summed E-state index contributed by atoms with van der Waals surface area (Å²) in [5.41, 5.74) is 0.641. The van der Waals surface area contributed by atoms with Gasteiger partial charge in [-0.1, -0.05) is 11.3 Å². The van der Waals surface area contributed by atoms with Crippen molar-refractivity contribution < 1.29 is 13.2 Å². The van der Waals surface area contributed by atoms with Gasteiger partial charge in [0.25, 0.3) is 5.91 Å². The fraction of sp³-hybridized carbons (Fsp3) is 0.0833. The van der Waals surface area contributed by atoms with Crippen molar-refractivity contribution in [2.45, 2.75) is 4.90 Å². The minimum atomic E-state index is -3.26. The highest BCUT2D eigenvalue weighted by molar-refractivity contribution is 7.90. The summed E-state index contributed by atoms with van der Waals surface area (Å²) >= 11 is 2.46. The first kappa shape index (κ1) is 14.1. The highest BCUT2D eigenvalue weighted by Crippen LogP contribution is 2.28. The van der Waals surface area contributed by atoms with Crippen LogP contribution in [0.25, 0.3) is 10.2 Å². The van der Waals surface area contributed by atoms with Crippen LogP contribution in [0.15, 0.2) is 34.7 Å². The van der Waals surface area contributed by atoms with Gasteiger partial charge in [0.2, 0.25) is 0 Å². The number of anilines is 1. The minimum Gasteiger partial charge on any atom is -0.296 e. The summed E-state index contributed by atoms with van der Waals surface area (Å²) in [7, 11) is -3.26. The lowest BCUT2D eigenvalue weighted by Gasteiger charge is -1.96. The van der Waals surface area contributed by atoms with Gasteiger partial charge in [0.05, 0.1) is 15.1 Å². The van der Waals surface area contributed by atoms with Crippen molar-refractivity contribution in [1.82, 2.24) is 9.97 Å². The van der Waals surface area contributed by atoms with Crippen molar-refractivity contribution in [2.75, 3.05) is 11.6 Å². The number of aromatic nitrogens is 2. The van der Waals surface area contributed by atoms with E-state index in [4.69, 9.17) is 0 Å². The van der Waals surface area contributed by atoms with Gasteiger partial charge in [0.1, 0.15) is 0 Å². The fourth-order valence-electron chi connectivity index (χ4n) is 1.68. The molecule has 0 atom stereocenters. The standard InChI is InChI=1S/C12H9N3O3S3/c1-21(17,18)7-2-3-8-9(6-7)20-12(14-8)15-10(16)11-13-4-5-19-11/h2-6H,1H3,(H,14,15,16). The molecule has 0 saturated carbocycles. The van der Waals surface area contributed by atoms with Crippen LogP contribution in [-0.2, 0) is 9.84 Å². The Kier molecular flexibility index (Phi) is 3.47. The van der Waals surface area contributed by atoms with Gasteiger partial charge < -0.3 is 0 Å². The number of nitrogens with zero attached hydrogens (tertiary/aromatic N) is 2. The molecule has 0 radical (unpaired) electrons. The van der Waals surface area contributed by atoms with Crippen molar-refractivity contribution in [2.24, 2.45) is 0 Å². The number of amides is 1. The quantitative estimate of drug-likeness (QED) is 0.791. The molecule has 1 amide bonds. The molecule has 2 aromatic heterocycles. The number of thiazole rings is 2. The summed E-state index contributed by atoms with van der Waals surface area (Å²) in [6.45, 7) is 0. The number of benzene rings is 1. The van der Waals surface area contributed by atoms with E-state index in [0.717, 1.165) is 6.26 Å². The molecule has 0 bridgehead atoms. The number of rotatable bonds is 3. The van der Waals surface area contributed by atoms with E-state index < -0.39 is 9.84 Å². The van der Waals surface area contributed by atoms with Crippen LogP contribution >= 0.6 is 22.7 Å². The highest BCUT2D eigenvalue weighted by atomic mass is 32.2. The molecular formula is C12H9N3O3S3. The third-order valence-electron chi connectivity index (χ3n) is 2.64. The van der Waals surface area contributed by atoms with Gasteiger partial charge in [-0.25, -0.2) is 18.4 Å². The van der Waals surface area contributed by atoms with Gasteiger partial charge in [0, 0.05) is 17.8 Å². The number of sulfone groups is 1. The smallest absolute Gasteiger partial charge is 0.286 e. The van der Waals surface area contributed by atoms with Gasteiger partial charge >= 0.3 is 0 Å². The van der Waals surface area contributed by atoms with Gasteiger partial charge in [-0.15, -0.1) is 11.3 Å². The van der Waals surface area contributed by atoms with Crippen LogP contribution in [0.1, 0.15) is 9.80 Å². The first-order chi connectivity index (χ1) is 9.93. The van der Waals surface area contributed by atoms with Crippen molar-refractivity contribution in [1.29, 1.82) is 0 Å². The molecule has 21 heavy (non-hydrogen) atoms. The normalized spacial score (nSPS) is 11.7. The average molecular weight is 339 g/mol. The van der Waals surface area contributed by atoms with Crippen molar-refractivity contribution in [3.63, 3.8) is 0 Å². The Balaban J connectivity index is 1.93. The van der Waals surface area contributed by atoms with Gasteiger partial charge in [-0.3, -0.25) is 10.1 Å². The van der Waals surface area contributed by atoms with E-state index in [-0.39, 0.29) is 10.8 Å². The number of nitrogens with one attached hydrogen (secondary N) is 1. The topological polar surface area (TPSA) is 89.0 Å². The molecule has 1 aromatic carbocycles. The Bertz CT molecular complexity index is 914. The molecule has 1 N–H and O–H groups in total. The van der Waals surface area contributed by atoms with Crippen molar-refractivity contribution in [3.8, 4) is 0 Å². The lowest BCUT2D eigenvalue weighted by Crippen LogP contribution is -2.10. The Morgan fingerprint density at radius 2 is 2.14 bits per heavy atom. The zero-order valence-electron chi connectivity index (χ0n) is 10.7. The van der Waals surface area contributed by atoms with E-state index in [9.17, 15) is 13.2 Å². The van der Waals surface area contributed by atoms with Crippen LogP contribution in [0.5, 0.6) is 0 Å². The molecule has 0 spiro atoms. The van der Waals surface area contributed by atoms with Crippen LogP contribution in [-0.4, -0.2) is 30.5 Å². The fourth-order valence-corrected chi connectivity index (χ4v) is 3.83. The Labute approximate surface area is 128 Å². The number of carbonyl (C=O) groups is 1. The van der Waals surface area contributed by atoms with Crippen LogP contribution in [0, 0.1) is 0 Å². The minimum absolute atomic E-state index is 0.233. The summed E-state index contributed by atoms with van der Waals surface area (Å²) in [4.78, 5) is 20.3. The van der Waals surface area contributed by atoms with Gasteiger partial charge in [-0.05, 0) is 18.2 Å². The highest BCUT2D eigenvalue weighted by Gasteiger charge is 2.14. The Hall–Kier alpha value is -1.84. The first-order valence-corrected chi connectivity index (χ1v) is 9.34. The molecular weight excluding hydrogens is 330 g/mol. The average Bonchev–Trinajstić information content (AvgIpc) is 3.05. The van der Waals surface area contributed by atoms with Gasteiger partial charge in [-0.2, -0.15) is 0 Å². The SMILES string of the molecule is CS(=O)(=O)c1ccc2nc(NC(=O)c3nccs3)sc2c1. The number of hydrogen-bond acceptors (Lipinski definition) is 7. The maximum atomic E-state index is 11.9. The van der Waals surface area contributed by atoms with Gasteiger partial charge in [0.15, 0.2) is 20.0 Å². The zero-order chi connectivity index (χ0) is 15.0. The maximum absolute atomic E-state index is 11.9. The predicted molar refractivity (Wildman–Crippen MR) is 82.8 cm³/mol. The summed E-state index contributed by atoms with van der Waals surface area (Å²) in [5, 5.41) is 5.14. The number of hydrogen-bond donors (Lipinski definition) is 1. The third kappa shape index (κ3) is 2.94. The number of carbonyl (C=O) groups excluding carboxylic acids is 1. The Morgan fingerprint density at radius 3 is 2.81 bits per heavy atom. The second-order valence-corrected chi connectivity index (χ2v) is 8.15. The third-order valence-corrected chi connectivity index (χ3v) is 5.45. The van der Waals surface area contributed by atoms with Crippen molar-refractivity contribution in [3.05, 3.63) is 34.8 Å². The maximum Gasteiger partial charge on any atom is 0.286 e. The molecule has 0 unspecified atom stereocenters. The molecule has 0 saturated heterocycles. The molecule has 6 nitrogen and oxygen atoms in total. The van der Waals surface area contributed by atoms with E-state index in [2.05, 4.69) is 15.3 Å². The zero-order valence-corrected chi connectivity index (χ0v) is 13.2. The van der Waals surface area contributed by atoms with E-state index in [1.54, 1.807) is 23.7 Å². The molecule has 3 aromatic rings. The monoisotopic (exact) mass is 339 g/mol. The molecule has 9 heteroatoms. The first-order valence-electron chi connectivity index (χ1n) is 5.75. The van der Waals surface area contributed by atoms with Crippen LogP contribution in [0.4, 0.5) is 5.13 Å². The molecule has 0 fully saturated rings. The summed E-state index contributed by atoms with van der Waals surface area (Å²) in [6, 6.07) is 4.69. The van der Waals surface area contributed by atoms with Crippen LogP contribution < -0.4 is 5.32 Å². The molecule has 2 heterocycles. The van der Waals surface area contributed by atoms with E-state index >= 15 is 0 Å². The van der Waals surface area contributed by atoms with E-state index in [0.29, 0.717) is 20.4 Å². The largest absolute Gasteiger partial charge is 0.296 e. The molecule has 0 aliphatic heterocycles. The molecule has 108 valence electrons. The number of fused-ring (bicyclic) bond motifs is 1. The summed E-state index contributed by atoms with van der Waals surface area (Å²) in [5.74, 6) is -0.326. The lowest BCUT2D eigenvalue weighted by atomic mass is 10.3. The summed E-state index contributed by atoms with van der Waals surface area (Å²) < 4.78 is 23.7. The van der Waals surface area contributed by atoms with Crippen molar-refractivity contribution >= 4 is 53.8 Å². The predicted octanol–water partition coefficient (Wildman–Crippen LogP) is 2.41.